The average Bonchev–Trinajstić information content (AvgIpc) is 3.14. The minimum absolute atomic E-state index is 0.00296. The molecule has 1 atom stereocenters. The van der Waals surface area contributed by atoms with Crippen molar-refractivity contribution in [3.8, 4) is 0 Å². The first-order chi connectivity index (χ1) is 13.1. The highest BCUT2D eigenvalue weighted by Gasteiger charge is 2.34. The number of likely N-dealkylation sites (N-methyl/N-ethyl adjacent to an activating group) is 1. The molecule has 0 saturated carbocycles. The van der Waals surface area contributed by atoms with Gasteiger partial charge < -0.3 is 14.5 Å². The van der Waals surface area contributed by atoms with Gasteiger partial charge in [-0.3, -0.25) is 9.59 Å². The number of ether oxygens (including phenoxy) is 1. The molecule has 5 nitrogen and oxygen atoms in total. The molecule has 1 aliphatic rings. The van der Waals surface area contributed by atoms with Crippen LogP contribution >= 0.6 is 11.3 Å². The molecule has 3 rings (SSSR count). The van der Waals surface area contributed by atoms with E-state index in [1.54, 1.807) is 16.2 Å². The van der Waals surface area contributed by atoms with Crippen LogP contribution in [0.2, 0.25) is 0 Å². The van der Waals surface area contributed by atoms with Crippen LogP contribution in [0.5, 0.6) is 0 Å². The van der Waals surface area contributed by atoms with Crippen LogP contribution in [0.15, 0.2) is 35.7 Å². The summed E-state index contributed by atoms with van der Waals surface area (Å²) in [7, 11) is 1.49. The first-order valence-electron chi connectivity index (χ1n) is 9.24. The van der Waals surface area contributed by atoms with Gasteiger partial charge in [0, 0.05) is 25.1 Å². The largest absolute Gasteiger partial charge is 0.375 e. The number of fused-ring (bicyclic) bond motifs is 1. The number of rotatable bonds is 6. The van der Waals surface area contributed by atoms with E-state index in [1.807, 2.05) is 24.0 Å². The number of carbonyl (C=O) groups is 2. The molecule has 6 heteroatoms. The predicted octanol–water partition coefficient (Wildman–Crippen LogP) is 3.03. The third-order valence-electron chi connectivity index (χ3n) is 5.10. The van der Waals surface area contributed by atoms with E-state index in [1.165, 1.54) is 23.1 Å². The molecule has 1 aliphatic heterocycles. The lowest BCUT2D eigenvalue weighted by Crippen LogP contribution is -2.47. The summed E-state index contributed by atoms with van der Waals surface area (Å²) in [4.78, 5) is 30.2. The van der Waals surface area contributed by atoms with Gasteiger partial charge in [-0.15, -0.1) is 11.3 Å². The SMILES string of the molecule is CCN(CC(=O)N1CCc2sccc2C1c1ccccc1C)C(=O)COC. The maximum Gasteiger partial charge on any atom is 0.249 e. The first-order valence-corrected chi connectivity index (χ1v) is 10.1. The summed E-state index contributed by atoms with van der Waals surface area (Å²) in [6, 6.07) is 10.3. The lowest BCUT2D eigenvalue weighted by Gasteiger charge is -2.38. The van der Waals surface area contributed by atoms with Gasteiger partial charge >= 0.3 is 0 Å². The zero-order chi connectivity index (χ0) is 19.4. The number of nitrogens with zero attached hydrogens (tertiary/aromatic N) is 2. The Morgan fingerprint density at radius 3 is 2.74 bits per heavy atom. The summed E-state index contributed by atoms with van der Waals surface area (Å²) in [5.41, 5.74) is 3.53. The molecule has 0 fully saturated rings. The molecule has 144 valence electrons. The van der Waals surface area contributed by atoms with Crippen molar-refractivity contribution < 1.29 is 14.3 Å². The molecule has 0 bridgehead atoms. The second kappa shape index (κ2) is 8.67. The van der Waals surface area contributed by atoms with Crippen LogP contribution in [-0.4, -0.2) is 55.0 Å². The minimum atomic E-state index is -0.158. The van der Waals surface area contributed by atoms with Gasteiger partial charge in [0.05, 0.1) is 12.6 Å². The molecule has 2 heterocycles. The molecular formula is C21H26N2O3S. The molecule has 27 heavy (non-hydrogen) atoms. The van der Waals surface area contributed by atoms with E-state index < -0.39 is 0 Å². The van der Waals surface area contributed by atoms with Crippen molar-refractivity contribution in [1.29, 1.82) is 0 Å². The van der Waals surface area contributed by atoms with Crippen molar-refractivity contribution >= 4 is 23.2 Å². The quantitative estimate of drug-likeness (QED) is 0.767. The third kappa shape index (κ3) is 4.06. The van der Waals surface area contributed by atoms with E-state index in [2.05, 4.69) is 30.5 Å². The van der Waals surface area contributed by atoms with Crippen LogP contribution in [-0.2, 0) is 20.7 Å². The van der Waals surface area contributed by atoms with E-state index in [9.17, 15) is 9.59 Å². The molecule has 0 aliphatic carbocycles. The Hall–Kier alpha value is -2.18. The van der Waals surface area contributed by atoms with Gasteiger partial charge in [-0.05, 0) is 48.4 Å². The number of hydrogen-bond acceptors (Lipinski definition) is 4. The zero-order valence-corrected chi connectivity index (χ0v) is 16.9. The van der Waals surface area contributed by atoms with E-state index in [4.69, 9.17) is 4.74 Å². The van der Waals surface area contributed by atoms with Gasteiger partial charge in [0.15, 0.2) is 0 Å². The molecule has 1 aromatic carbocycles. The Bertz CT molecular complexity index is 817. The normalized spacial score (nSPS) is 16.1. The highest BCUT2D eigenvalue weighted by Crippen LogP contribution is 2.38. The Kier molecular flexibility index (Phi) is 6.29. The topological polar surface area (TPSA) is 49.9 Å². The fourth-order valence-electron chi connectivity index (χ4n) is 3.66. The van der Waals surface area contributed by atoms with Crippen molar-refractivity contribution in [2.45, 2.75) is 26.3 Å². The van der Waals surface area contributed by atoms with Crippen LogP contribution in [0.3, 0.4) is 0 Å². The zero-order valence-electron chi connectivity index (χ0n) is 16.1. The predicted molar refractivity (Wildman–Crippen MR) is 107 cm³/mol. The van der Waals surface area contributed by atoms with E-state index >= 15 is 0 Å². The Morgan fingerprint density at radius 1 is 1.26 bits per heavy atom. The van der Waals surface area contributed by atoms with Crippen molar-refractivity contribution in [3.63, 3.8) is 0 Å². The fraction of sp³-hybridized carbons (Fsp3) is 0.429. The average molecular weight is 387 g/mol. The Morgan fingerprint density at radius 2 is 2.04 bits per heavy atom. The second-order valence-electron chi connectivity index (χ2n) is 6.74. The van der Waals surface area contributed by atoms with Crippen LogP contribution in [0.4, 0.5) is 0 Å². The van der Waals surface area contributed by atoms with Gasteiger partial charge in [0.25, 0.3) is 0 Å². The maximum atomic E-state index is 13.2. The van der Waals surface area contributed by atoms with Crippen molar-refractivity contribution in [1.82, 2.24) is 9.80 Å². The summed E-state index contributed by atoms with van der Waals surface area (Å²) >= 11 is 1.75. The minimum Gasteiger partial charge on any atom is -0.375 e. The molecule has 0 N–H and O–H groups in total. The second-order valence-corrected chi connectivity index (χ2v) is 7.74. The fourth-order valence-corrected chi connectivity index (χ4v) is 4.56. The maximum absolute atomic E-state index is 13.2. The summed E-state index contributed by atoms with van der Waals surface area (Å²) in [5.74, 6) is -0.180. The summed E-state index contributed by atoms with van der Waals surface area (Å²) in [5, 5.41) is 2.10. The summed E-state index contributed by atoms with van der Waals surface area (Å²) in [6.07, 6.45) is 0.860. The molecule has 0 saturated heterocycles. The van der Waals surface area contributed by atoms with Gasteiger partial charge in [0.1, 0.15) is 6.61 Å². The van der Waals surface area contributed by atoms with E-state index in [0.29, 0.717) is 13.1 Å². The lowest BCUT2D eigenvalue weighted by atomic mass is 9.90. The molecule has 0 spiro atoms. The third-order valence-corrected chi connectivity index (χ3v) is 6.09. The van der Waals surface area contributed by atoms with Crippen molar-refractivity contribution in [3.05, 3.63) is 57.3 Å². The molecule has 2 amide bonds. The number of carbonyl (C=O) groups excluding carboxylic acids is 2. The van der Waals surface area contributed by atoms with Gasteiger partial charge in [-0.2, -0.15) is 0 Å². The van der Waals surface area contributed by atoms with Crippen molar-refractivity contribution in [2.75, 3.05) is 33.4 Å². The van der Waals surface area contributed by atoms with Crippen molar-refractivity contribution in [2.24, 2.45) is 0 Å². The summed E-state index contributed by atoms with van der Waals surface area (Å²) in [6.45, 7) is 5.20. The van der Waals surface area contributed by atoms with Gasteiger partial charge in [-0.25, -0.2) is 0 Å². The van der Waals surface area contributed by atoms with E-state index in [0.717, 1.165) is 12.0 Å². The van der Waals surface area contributed by atoms with Crippen LogP contribution in [0.25, 0.3) is 0 Å². The first kappa shape index (κ1) is 19.6. The standard InChI is InChI=1S/C21H26N2O3S/c1-4-22(20(25)14-26-3)13-19(24)23-11-9-18-17(10-12-27-18)21(23)16-8-6-5-7-15(16)2/h5-8,10,12,21H,4,9,11,13-14H2,1-3H3. The van der Waals surface area contributed by atoms with Gasteiger partial charge in [-0.1, -0.05) is 24.3 Å². The smallest absolute Gasteiger partial charge is 0.249 e. The molecule has 0 radical (unpaired) electrons. The highest BCUT2D eigenvalue weighted by molar-refractivity contribution is 7.10. The summed E-state index contributed by atoms with van der Waals surface area (Å²) < 4.78 is 4.94. The Labute approximate surface area is 164 Å². The van der Waals surface area contributed by atoms with Gasteiger partial charge in [0.2, 0.25) is 11.8 Å². The number of aryl methyl sites for hydroxylation is 1. The molecule has 2 aromatic rings. The number of thiophene rings is 1. The lowest BCUT2D eigenvalue weighted by molar-refractivity contribution is -0.143. The number of amides is 2. The molecular weight excluding hydrogens is 360 g/mol. The number of benzene rings is 1. The molecule has 1 unspecified atom stereocenters. The Balaban J connectivity index is 1.90. The monoisotopic (exact) mass is 386 g/mol. The van der Waals surface area contributed by atoms with Crippen LogP contribution in [0, 0.1) is 6.92 Å². The van der Waals surface area contributed by atoms with Crippen LogP contribution < -0.4 is 0 Å². The highest BCUT2D eigenvalue weighted by atomic mass is 32.1. The van der Waals surface area contributed by atoms with Crippen LogP contribution in [0.1, 0.15) is 34.5 Å². The number of methoxy groups -OCH3 is 1. The van der Waals surface area contributed by atoms with E-state index in [-0.39, 0.29) is 31.0 Å². The number of hydrogen-bond donors (Lipinski definition) is 0. The molecule has 1 aromatic heterocycles.